The van der Waals surface area contributed by atoms with E-state index in [0.717, 1.165) is 45.7 Å². The van der Waals surface area contributed by atoms with Crippen LogP contribution in [-0.4, -0.2) is 109 Å². The monoisotopic (exact) mass is 513 g/mol. The third-order valence-electron chi connectivity index (χ3n) is 7.11. The summed E-state index contributed by atoms with van der Waals surface area (Å²) in [4.78, 5) is 26.4. The van der Waals surface area contributed by atoms with Gasteiger partial charge in [-0.2, -0.15) is 0 Å². The zero-order valence-corrected chi connectivity index (χ0v) is 22.6. The highest BCUT2D eigenvalue weighted by Crippen LogP contribution is 2.23. The summed E-state index contributed by atoms with van der Waals surface area (Å²) in [5.41, 5.74) is 3.01. The fraction of sp³-hybridized carbons (Fsp3) is 0.643. The van der Waals surface area contributed by atoms with Crippen molar-refractivity contribution in [3.8, 4) is 0 Å². The van der Waals surface area contributed by atoms with E-state index >= 15 is 0 Å². The van der Waals surface area contributed by atoms with Crippen molar-refractivity contribution in [2.45, 2.75) is 39.8 Å². The Morgan fingerprint density at radius 1 is 1.03 bits per heavy atom. The Morgan fingerprint density at radius 2 is 1.73 bits per heavy atom. The number of aryl methyl sites for hydroxylation is 1. The third kappa shape index (κ3) is 7.77. The molecule has 2 aromatic rings. The van der Waals surface area contributed by atoms with E-state index < -0.39 is 6.10 Å². The SMILES string of the molecule is CCc1ccccc1N1CCN(C(=O)c2coc(CN3CCN(C[C@@H](O)COCC(C)C)CC3)n2)CC1. The molecule has 3 heterocycles. The van der Waals surface area contributed by atoms with Crippen LogP contribution in [0, 0.1) is 5.92 Å². The summed E-state index contributed by atoms with van der Waals surface area (Å²) in [6, 6.07) is 8.51. The lowest BCUT2D eigenvalue weighted by Gasteiger charge is -2.36. The average Bonchev–Trinajstić information content (AvgIpc) is 3.37. The van der Waals surface area contributed by atoms with Crippen LogP contribution < -0.4 is 4.90 Å². The molecule has 0 bridgehead atoms. The quantitative estimate of drug-likeness (QED) is 0.490. The zero-order chi connectivity index (χ0) is 26.2. The van der Waals surface area contributed by atoms with Crippen LogP contribution in [0.1, 0.15) is 42.7 Å². The number of aliphatic hydroxyl groups excluding tert-OH is 1. The van der Waals surface area contributed by atoms with Crippen molar-refractivity contribution in [3.05, 3.63) is 47.7 Å². The summed E-state index contributed by atoms with van der Waals surface area (Å²) in [7, 11) is 0. The number of piperazine rings is 2. The molecular weight excluding hydrogens is 470 g/mol. The Hall–Kier alpha value is -2.46. The van der Waals surface area contributed by atoms with Crippen LogP contribution in [0.4, 0.5) is 5.69 Å². The summed E-state index contributed by atoms with van der Waals surface area (Å²) >= 11 is 0. The van der Waals surface area contributed by atoms with Gasteiger partial charge in [0.15, 0.2) is 5.69 Å². The largest absolute Gasteiger partial charge is 0.447 e. The molecule has 0 saturated carbocycles. The molecule has 4 rings (SSSR count). The molecule has 204 valence electrons. The molecule has 1 aromatic heterocycles. The number of β-amino-alcohol motifs (C(OH)–C–C–N with tert-alkyl or cyclic N) is 1. The molecule has 1 aromatic carbocycles. The van der Waals surface area contributed by atoms with Crippen LogP contribution in [-0.2, 0) is 17.7 Å². The Morgan fingerprint density at radius 3 is 2.43 bits per heavy atom. The molecule has 9 nitrogen and oxygen atoms in total. The van der Waals surface area contributed by atoms with Crippen molar-refractivity contribution in [2.75, 3.05) is 77.0 Å². The molecular formula is C28H43N5O4. The number of ether oxygens (including phenoxy) is 1. The summed E-state index contributed by atoms with van der Waals surface area (Å²) in [5.74, 6) is 0.993. The van der Waals surface area contributed by atoms with E-state index in [9.17, 15) is 9.90 Å². The van der Waals surface area contributed by atoms with Gasteiger partial charge in [-0.15, -0.1) is 0 Å². The number of carbonyl (C=O) groups excluding carboxylic acids is 1. The maximum Gasteiger partial charge on any atom is 0.275 e. The molecule has 2 saturated heterocycles. The fourth-order valence-electron chi connectivity index (χ4n) is 5.02. The second-order valence-corrected chi connectivity index (χ2v) is 10.5. The number of aliphatic hydroxyl groups is 1. The maximum atomic E-state index is 13.1. The number of anilines is 1. The van der Waals surface area contributed by atoms with Gasteiger partial charge in [-0.3, -0.25) is 14.6 Å². The van der Waals surface area contributed by atoms with E-state index in [0.29, 0.717) is 56.9 Å². The second-order valence-electron chi connectivity index (χ2n) is 10.5. The summed E-state index contributed by atoms with van der Waals surface area (Å²) < 4.78 is 11.2. The highest BCUT2D eigenvalue weighted by Gasteiger charge is 2.26. The molecule has 0 radical (unpaired) electrons. The number of nitrogens with zero attached hydrogens (tertiary/aromatic N) is 5. The lowest BCUT2D eigenvalue weighted by molar-refractivity contribution is -0.000850. The van der Waals surface area contributed by atoms with E-state index in [2.05, 4.69) is 64.7 Å². The number of benzene rings is 1. The summed E-state index contributed by atoms with van der Waals surface area (Å²) in [6.45, 7) is 15.1. The number of amides is 1. The van der Waals surface area contributed by atoms with Crippen molar-refractivity contribution >= 4 is 11.6 Å². The predicted molar refractivity (Wildman–Crippen MR) is 144 cm³/mol. The standard InChI is InChI=1S/C28H43N5O4/c1-4-23-7-5-6-8-26(23)32-13-15-33(16-14-32)28(35)25-21-37-27(29-25)18-31-11-9-30(10-12-31)17-24(34)20-36-19-22(2)3/h5-8,21-22,24,34H,4,9-20H2,1-3H3/t24-/m1/s1. The highest BCUT2D eigenvalue weighted by molar-refractivity contribution is 5.92. The van der Waals surface area contributed by atoms with Crippen LogP contribution in [0.3, 0.4) is 0 Å². The summed E-state index contributed by atoms with van der Waals surface area (Å²) in [6.07, 6.45) is 2.04. The first-order chi connectivity index (χ1) is 17.9. The van der Waals surface area contributed by atoms with Crippen molar-refractivity contribution in [2.24, 2.45) is 5.92 Å². The smallest absolute Gasteiger partial charge is 0.275 e. The number of hydrogen-bond acceptors (Lipinski definition) is 8. The lowest BCUT2D eigenvalue weighted by atomic mass is 10.1. The minimum atomic E-state index is -0.464. The number of aromatic nitrogens is 1. The Bertz CT molecular complexity index is 980. The van der Waals surface area contributed by atoms with Crippen LogP contribution >= 0.6 is 0 Å². The molecule has 1 atom stereocenters. The van der Waals surface area contributed by atoms with E-state index in [1.165, 1.54) is 17.5 Å². The lowest BCUT2D eigenvalue weighted by Crippen LogP contribution is -2.49. The minimum Gasteiger partial charge on any atom is -0.447 e. The third-order valence-corrected chi connectivity index (χ3v) is 7.11. The van der Waals surface area contributed by atoms with E-state index in [4.69, 9.17) is 9.15 Å². The van der Waals surface area contributed by atoms with Crippen LogP contribution in [0.15, 0.2) is 34.9 Å². The normalized spacial score (nSPS) is 18.5. The van der Waals surface area contributed by atoms with Crippen molar-refractivity contribution < 1.29 is 19.1 Å². The van der Waals surface area contributed by atoms with Gasteiger partial charge in [0.1, 0.15) is 6.26 Å². The Labute approximate surface area is 221 Å². The Balaban J connectivity index is 1.19. The first-order valence-electron chi connectivity index (χ1n) is 13.7. The van der Waals surface area contributed by atoms with Gasteiger partial charge < -0.3 is 24.1 Å². The molecule has 9 heteroatoms. The number of carbonyl (C=O) groups is 1. The van der Waals surface area contributed by atoms with Gasteiger partial charge in [-0.05, 0) is 24.0 Å². The Kier molecular flexibility index (Phi) is 9.96. The average molecular weight is 514 g/mol. The van der Waals surface area contributed by atoms with Crippen LogP contribution in [0.5, 0.6) is 0 Å². The molecule has 1 N–H and O–H groups in total. The van der Waals surface area contributed by atoms with Gasteiger partial charge in [0.05, 0.1) is 19.3 Å². The van der Waals surface area contributed by atoms with Gasteiger partial charge in [-0.1, -0.05) is 39.0 Å². The van der Waals surface area contributed by atoms with Crippen molar-refractivity contribution in [1.29, 1.82) is 0 Å². The van der Waals surface area contributed by atoms with E-state index in [-0.39, 0.29) is 5.91 Å². The molecule has 2 aliphatic heterocycles. The van der Waals surface area contributed by atoms with Gasteiger partial charge in [0, 0.05) is 71.2 Å². The zero-order valence-electron chi connectivity index (χ0n) is 22.6. The number of hydrogen-bond donors (Lipinski definition) is 1. The minimum absolute atomic E-state index is 0.0584. The van der Waals surface area contributed by atoms with Crippen molar-refractivity contribution in [3.63, 3.8) is 0 Å². The molecule has 0 aliphatic carbocycles. The van der Waals surface area contributed by atoms with Gasteiger partial charge in [-0.25, -0.2) is 4.98 Å². The summed E-state index contributed by atoms with van der Waals surface area (Å²) in [5, 5.41) is 10.2. The molecule has 0 unspecified atom stereocenters. The van der Waals surface area contributed by atoms with Crippen molar-refractivity contribution in [1.82, 2.24) is 19.7 Å². The molecule has 37 heavy (non-hydrogen) atoms. The molecule has 1 amide bonds. The second kappa shape index (κ2) is 13.4. The maximum absolute atomic E-state index is 13.1. The van der Waals surface area contributed by atoms with Crippen LogP contribution in [0.2, 0.25) is 0 Å². The van der Waals surface area contributed by atoms with Gasteiger partial charge in [0.2, 0.25) is 5.89 Å². The van der Waals surface area contributed by atoms with E-state index in [1.807, 2.05) is 4.90 Å². The van der Waals surface area contributed by atoms with Gasteiger partial charge >= 0.3 is 0 Å². The highest BCUT2D eigenvalue weighted by atomic mass is 16.5. The number of para-hydroxylation sites is 1. The topological polar surface area (TPSA) is 85.5 Å². The first kappa shape index (κ1) is 27.6. The van der Waals surface area contributed by atoms with Crippen LogP contribution in [0.25, 0.3) is 0 Å². The molecule has 2 fully saturated rings. The molecule has 0 spiro atoms. The number of oxazole rings is 1. The molecule has 2 aliphatic rings. The van der Waals surface area contributed by atoms with E-state index in [1.54, 1.807) is 0 Å². The predicted octanol–water partition coefficient (Wildman–Crippen LogP) is 2.35. The first-order valence-corrected chi connectivity index (χ1v) is 13.7. The van der Waals surface area contributed by atoms with Gasteiger partial charge in [0.25, 0.3) is 5.91 Å². The number of rotatable bonds is 11. The fourth-order valence-corrected chi connectivity index (χ4v) is 5.02.